The normalized spacial score (nSPS) is 30.2. The van der Waals surface area contributed by atoms with E-state index >= 15 is 0 Å². The van der Waals surface area contributed by atoms with Gasteiger partial charge in [-0.1, -0.05) is 0 Å². The SMILES string of the molecule is CC(C)(C)OC(=O)N1C(=O)C[C@@H]2CC21. The molecule has 2 fully saturated rings. The number of carbonyl (C=O) groups is 2. The second-order valence-corrected chi connectivity index (χ2v) is 5.01. The van der Waals surface area contributed by atoms with Gasteiger partial charge in [-0.15, -0.1) is 0 Å². The molecule has 0 radical (unpaired) electrons. The maximum Gasteiger partial charge on any atom is 0.417 e. The van der Waals surface area contributed by atoms with Crippen molar-refractivity contribution in [2.45, 2.75) is 45.3 Å². The molecule has 2 aliphatic rings. The van der Waals surface area contributed by atoms with E-state index in [0.717, 1.165) is 6.42 Å². The van der Waals surface area contributed by atoms with Crippen LogP contribution in [0.3, 0.4) is 0 Å². The molecule has 1 aliphatic carbocycles. The van der Waals surface area contributed by atoms with Gasteiger partial charge >= 0.3 is 6.09 Å². The molecule has 1 unspecified atom stereocenters. The standard InChI is InChI=1S/C10H15NO3/c1-10(2,3)14-9(13)11-7-4-6(7)5-8(11)12/h6-7H,4-5H2,1-3H3/t6-,7?/m0/s1. The second kappa shape index (κ2) is 2.72. The predicted molar refractivity (Wildman–Crippen MR) is 49.6 cm³/mol. The number of carbonyl (C=O) groups excluding carboxylic acids is 2. The van der Waals surface area contributed by atoms with Crippen LogP contribution >= 0.6 is 0 Å². The highest BCUT2D eigenvalue weighted by Crippen LogP contribution is 2.45. The molecular formula is C10H15NO3. The summed E-state index contributed by atoms with van der Waals surface area (Å²) in [7, 11) is 0. The van der Waals surface area contributed by atoms with E-state index in [1.807, 2.05) is 0 Å². The molecule has 2 atom stereocenters. The monoisotopic (exact) mass is 197 g/mol. The van der Waals surface area contributed by atoms with Gasteiger partial charge in [-0.2, -0.15) is 0 Å². The van der Waals surface area contributed by atoms with Crippen molar-refractivity contribution in [3.8, 4) is 0 Å². The Hall–Kier alpha value is -1.06. The van der Waals surface area contributed by atoms with Crippen molar-refractivity contribution in [2.24, 2.45) is 5.92 Å². The summed E-state index contributed by atoms with van der Waals surface area (Å²) in [5, 5.41) is 0. The molecule has 0 spiro atoms. The van der Waals surface area contributed by atoms with E-state index in [1.54, 1.807) is 20.8 Å². The Morgan fingerprint density at radius 2 is 2.14 bits per heavy atom. The second-order valence-electron chi connectivity index (χ2n) is 5.01. The highest BCUT2D eigenvalue weighted by atomic mass is 16.6. The summed E-state index contributed by atoms with van der Waals surface area (Å²) < 4.78 is 5.16. The van der Waals surface area contributed by atoms with E-state index in [9.17, 15) is 9.59 Å². The van der Waals surface area contributed by atoms with Gasteiger partial charge in [0.1, 0.15) is 5.60 Å². The van der Waals surface area contributed by atoms with Crippen molar-refractivity contribution in [3.63, 3.8) is 0 Å². The summed E-state index contributed by atoms with van der Waals surface area (Å²) in [5.41, 5.74) is -0.523. The van der Waals surface area contributed by atoms with E-state index in [1.165, 1.54) is 4.90 Å². The summed E-state index contributed by atoms with van der Waals surface area (Å²) in [4.78, 5) is 24.2. The first-order chi connectivity index (χ1) is 6.38. The number of ether oxygens (including phenoxy) is 1. The zero-order valence-electron chi connectivity index (χ0n) is 8.74. The number of fused-ring (bicyclic) bond motifs is 1. The number of nitrogens with zero attached hydrogens (tertiary/aromatic N) is 1. The Balaban J connectivity index is 2.01. The molecule has 0 aromatic carbocycles. The lowest BCUT2D eigenvalue weighted by Gasteiger charge is -2.24. The molecule has 0 N–H and O–H groups in total. The largest absolute Gasteiger partial charge is 0.443 e. The lowest BCUT2D eigenvalue weighted by atomic mass is 10.2. The zero-order valence-corrected chi connectivity index (χ0v) is 8.74. The minimum Gasteiger partial charge on any atom is -0.443 e. The molecule has 14 heavy (non-hydrogen) atoms. The van der Waals surface area contributed by atoms with Crippen LogP contribution in [0.4, 0.5) is 4.79 Å². The van der Waals surface area contributed by atoms with Crippen LogP contribution in [0.15, 0.2) is 0 Å². The van der Waals surface area contributed by atoms with Gasteiger partial charge in [-0.05, 0) is 33.1 Å². The molecule has 0 bridgehead atoms. The van der Waals surface area contributed by atoms with Crippen LogP contribution in [0.2, 0.25) is 0 Å². The fraction of sp³-hybridized carbons (Fsp3) is 0.800. The highest BCUT2D eigenvalue weighted by Gasteiger charge is 2.55. The van der Waals surface area contributed by atoms with Gasteiger partial charge in [0.05, 0.1) is 0 Å². The van der Waals surface area contributed by atoms with Crippen LogP contribution in [-0.2, 0) is 9.53 Å². The Bertz CT molecular complexity index is 292. The minimum absolute atomic E-state index is 0.0829. The summed E-state index contributed by atoms with van der Waals surface area (Å²) in [6, 6.07) is 0.136. The van der Waals surface area contributed by atoms with E-state index in [-0.39, 0.29) is 11.9 Å². The molecule has 4 nitrogen and oxygen atoms in total. The van der Waals surface area contributed by atoms with Gasteiger partial charge in [0, 0.05) is 12.5 Å². The van der Waals surface area contributed by atoms with Gasteiger partial charge in [-0.3, -0.25) is 4.79 Å². The predicted octanol–water partition coefficient (Wildman–Crippen LogP) is 1.54. The smallest absolute Gasteiger partial charge is 0.417 e. The number of hydrogen-bond donors (Lipinski definition) is 0. The Morgan fingerprint density at radius 3 is 2.57 bits per heavy atom. The first-order valence-electron chi connectivity index (χ1n) is 4.93. The Morgan fingerprint density at radius 1 is 1.50 bits per heavy atom. The Labute approximate surface area is 83.2 Å². The summed E-state index contributed by atoms with van der Waals surface area (Å²) in [6.45, 7) is 5.40. The topological polar surface area (TPSA) is 46.6 Å². The first-order valence-corrected chi connectivity index (χ1v) is 4.93. The van der Waals surface area contributed by atoms with Crippen LogP contribution in [-0.4, -0.2) is 28.5 Å². The molecule has 2 amide bonds. The maximum absolute atomic E-state index is 11.6. The van der Waals surface area contributed by atoms with Gasteiger partial charge < -0.3 is 4.74 Å². The van der Waals surface area contributed by atoms with Gasteiger partial charge in [0.15, 0.2) is 0 Å². The zero-order chi connectivity index (χ0) is 10.5. The molecular weight excluding hydrogens is 182 g/mol. The minimum atomic E-state index is -0.523. The van der Waals surface area contributed by atoms with E-state index in [4.69, 9.17) is 4.74 Å². The van der Waals surface area contributed by atoms with E-state index in [0.29, 0.717) is 12.3 Å². The number of rotatable bonds is 0. The first kappa shape index (κ1) is 9.49. The lowest BCUT2D eigenvalue weighted by molar-refractivity contribution is -0.128. The lowest BCUT2D eigenvalue weighted by Crippen LogP contribution is -2.39. The van der Waals surface area contributed by atoms with Crippen molar-refractivity contribution >= 4 is 12.0 Å². The molecule has 1 aliphatic heterocycles. The van der Waals surface area contributed by atoms with Crippen molar-refractivity contribution in [1.82, 2.24) is 4.90 Å². The van der Waals surface area contributed by atoms with Gasteiger partial charge in [0.25, 0.3) is 0 Å². The van der Waals surface area contributed by atoms with Crippen LogP contribution in [0, 0.1) is 5.92 Å². The average molecular weight is 197 g/mol. The fourth-order valence-corrected chi connectivity index (χ4v) is 1.82. The third kappa shape index (κ3) is 1.61. The van der Waals surface area contributed by atoms with E-state index in [2.05, 4.69) is 0 Å². The van der Waals surface area contributed by atoms with Crippen molar-refractivity contribution in [1.29, 1.82) is 0 Å². The third-order valence-corrected chi connectivity index (χ3v) is 2.51. The molecule has 78 valence electrons. The average Bonchev–Trinajstić information content (AvgIpc) is 2.58. The highest BCUT2D eigenvalue weighted by molar-refractivity contribution is 5.95. The number of amides is 2. The summed E-state index contributed by atoms with van der Waals surface area (Å²) >= 11 is 0. The van der Waals surface area contributed by atoms with Crippen molar-refractivity contribution in [3.05, 3.63) is 0 Å². The third-order valence-electron chi connectivity index (χ3n) is 2.51. The van der Waals surface area contributed by atoms with Crippen LogP contribution in [0.5, 0.6) is 0 Å². The molecule has 0 aromatic heterocycles. The van der Waals surface area contributed by atoms with Crippen LogP contribution < -0.4 is 0 Å². The molecule has 4 heteroatoms. The number of piperidine rings is 1. The molecule has 0 aromatic rings. The number of hydrogen-bond acceptors (Lipinski definition) is 3. The van der Waals surface area contributed by atoms with Crippen molar-refractivity contribution in [2.75, 3.05) is 0 Å². The van der Waals surface area contributed by atoms with Gasteiger partial charge in [-0.25, -0.2) is 9.69 Å². The summed E-state index contributed by atoms with van der Waals surface area (Å²) in [5.74, 6) is 0.329. The van der Waals surface area contributed by atoms with E-state index < -0.39 is 11.7 Å². The quantitative estimate of drug-likeness (QED) is 0.591. The van der Waals surface area contributed by atoms with Gasteiger partial charge in [0.2, 0.25) is 5.91 Å². The number of imide groups is 1. The number of likely N-dealkylation sites (tertiary alicyclic amines) is 1. The van der Waals surface area contributed by atoms with Crippen molar-refractivity contribution < 1.29 is 14.3 Å². The van der Waals surface area contributed by atoms with Crippen LogP contribution in [0.1, 0.15) is 33.6 Å². The fourth-order valence-electron chi connectivity index (χ4n) is 1.82. The molecule has 1 saturated heterocycles. The molecule has 1 saturated carbocycles. The molecule has 2 rings (SSSR count). The maximum atomic E-state index is 11.6. The van der Waals surface area contributed by atoms with Crippen LogP contribution in [0.25, 0.3) is 0 Å². The molecule has 1 heterocycles. The Kier molecular flexibility index (Phi) is 1.84. The summed E-state index contributed by atoms with van der Waals surface area (Å²) in [6.07, 6.45) is 1.00.